The second-order valence-electron chi connectivity index (χ2n) is 5.74. The van der Waals surface area contributed by atoms with E-state index in [1.54, 1.807) is 6.92 Å². The fourth-order valence-corrected chi connectivity index (χ4v) is 2.77. The molecule has 0 aromatic heterocycles. The van der Waals surface area contributed by atoms with Gasteiger partial charge in [0.05, 0.1) is 0 Å². The summed E-state index contributed by atoms with van der Waals surface area (Å²) < 4.78 is 6.67. The van der Waals surface area contributed by atoms with Gasteiger partial charge in [-0.2, -0.15) is 0 Å². The van der Waals surface area contributed by atoms with Crippen LogP contribution < -0.4 is 10.1 Å². The minimum atomic E-state index is -0.536. The van der Waals surface area contributed by atoms with Crippen molar-refractivity contribution >= 4 is 21.8 Å². The van der Waals surface area contributed by atoms with Gasteiger partial charge in [0.25, 0.3) is 5.91 Å². The van der Waals surface area contributed by atoms with Gasteiger partial charge >= 0.3 is 0 Å². The number of ether oxygens (including phenoxy) is 1. The quantitative estimate of drug-likeness (QED) is 0.747. The first-order chi connectivity index (χ1) is 11.5. The van der Waals surface area contributed by atoms with Crippen LogP contribution in [0.5, 0.6) is 5.75 Å². The lowest BCUT2D eigenvalue weighted by molar-refractivity contribution is -0.127. The molecule has 0 saturated carbocycles. The van der Waals surface area contributed by atoms with Crippen LogP contribution in [-0.2, 0) is 24.2 Å². The summed E-state index contributed by atoms with van der Waals surface area (Å²) in [6.07, 6.45) is 1.42. The van der Waals surface area contributed by atoms with Gasteiger partial charge in [0.1, 0.15) is 5.75 Å². The molecule has 2 rings (SSSR count). The number of rotatable bonds is 7. The number of carbonyl (C=O) groups is 1. The average molecular weight is 390 g/mol. The highest BCUT2D eigenvalue weighted by atomic mass is 79.9. The lowest BCUT2D eigenvalue weighted by atomic mass is 10.0. The Morgan fingerprint density at radius 2 is 1.79 bits per heavy atom. The zero-order valence-corrected chi connectivity index (χ0v) is 16.0. The van der Waals surface area contributed by atoms with E-state index in [2.05, 4.69) is 53.3 Å². The highest BCUT2D eigenvalue weighted by Crippen LogP contribution is 2.17. The Morgan fingerprint density at radius 1 is 1.08 bits per heavy atom. The van der Waals surface area contributed by atoms with Gasteiger partial charge in [0.2, 0.25) is 0 Å². The van der Waals surface area contributed by atoms with Crippen molar-refractivity contribution in [2.75, 3.05) is 0 Å². The fraction of sp³-hybridized carbons (Fsp3) is 0.350. The molecule has 128 valence electrons. The molecule has 0 saturated heterocycles. The van der Waals surface area contributed by atoms with Crippen molar-refractivity contribution in [1.29, 1.82) is 0 Å². The Morgan fingerprint density at radius 3 is 2.42 bits per heavy atom. The van der Waals surface area contributed by atoms with Crippen LogP contribution in [0, 0.1) is 0 Å². The van der Waals surface area contributed by atoms with Gasteiger partial charge in [0, 0.05) is 11.0 Å². The summed E-state index contributed by atoms with van der Waals surface area (Å²) in [5.74, 6) is 0.574. The molecule has 0 aliphatic rings. The van der Waals surface area contributed by atoms with Gasteiger partial charge in [-0.25, -0.2) is 0 Å². The maximum Gasteiger partial charge on any atom is 0.261 e. The fourth-order valence-electron chi connectivity index (χ4n) is 2.51. The highest BCUT2D eigenvalue weighted by Gasteiger charge is 2.15. The number of amides is 1. The Hall–Kier alpha value is -1.81. The van der Waals surface area contributed by atoms with E-state index in [1.807, 2.05) is 24.3 Å². The van der Waals surface area contributed by atoms with Crippen molar-refractivity contribution in [3.8, 4) is 5.75 Å². The zero-order chi connectivity index (χ0) is 17.5. The number of carbonyl (C=O) groups excluding carboxylic acids is 1. The first-order valence-electron chi connectivity index (χ1n) is 8.34. The SMILES string of the molecule is CCc1ccc(CC)c(CNC(=O)[C@H](C)Oc2ccc(Br)cc2)c1. The van der Waals surface area contributed by atoms with Crippen molar-refractivity contribution in [3.05, 3.63) is 63.6 Å². The molecule has 24 heavy (non-hydrogen) atoms. The molecule has 0 heterocycles. The molecule has 0 aliphatic carbocycles. The molecule has 0 radical (unpaired) electrons. The molecule has 0 bridgehead atoms. The lowest BCUT2D eigenvalue weighted by Crippen LogP contribution is -2.36. The minimum absolute atomic E-state index is 0.109. The van der Waals surface area contributed by atoms with Crippen LogP contribution in [0.15, 0.2) is 46.9 Å². The summed E-state index contributed by atoms with van der Waals surface area (Å²) in [6.45, 7) is 6.56. The Labute approximate surface area is 152 Å². The van der Waals surface area contributed by atoms with Crippen molar-refractivity contribution in [3.63, 3.8) is 0 Å². The maximum absolute atomic E-state index is 12.3. The predicted molar refractivity (Wildman–Crippen MR) is 101 cm³/mol. The van der Waals surface area contributed by atoms with Crippen LogP contribution in [0.2, 0.25) is 0 Å². The number of benzene rings is 2. The van der Waals surface area contributed by atoms with Crippen LogP contribution in [-0.4, -0.2) is 12.0 Å². The third-order valence-electron chi connectivity index (χ3n) is 4.01. The first kappa shape index (κ1) is 18.5. The van der Waals surface area contributed by atoms with Gasteiger partial charge in [0.15, 0.2) is 6.10 Å². The van der Waals surface area contributed by atoms with Crippen molar-refractivity contribution in [2.45, 2.75) is 46.3 Å². The van der Waals surface area contributed by atoms with Crippen LogP contribution in [0.4, 0.5) is 0 Å². The molecule has 0 aliphatic heterocycles. The molecule has 2 aromatic rings. The summed E-state index contributed by atoms with van der Waals surface area (Å²) >= 11 is 3.38. The summed E-state index contributed by atoms with van der Waals surface area (Å²) in [5, 5.41) is 2.98. The van der Waals surface area contributed by atoms with Gasteiger partial charge in [-0.15, -0.1) is 0 Å². The lowest BCUT2D eigenvalue weighted by Gasteiger charge is -2.16. The van der Waals surface area contributed by atoms with Gasteiger partial charge in [-0.1, -0.05) is 48.0 Å². The largest absolute Gasteiger partial charge is 0.481 e. The third-order valence-corrected chi connectivity index (χ3v) is 4.54. The predicted octanol–water partition coefficient (Wildman–Crippen LogP) is 4.66. The van der Waals surface area contributed by atoms with E-state index < -0.39 is 6.10 Å². The molecular formula is C20H24BrNO2. The van der Waals surface area contributed by atoms with Crippen molar-refractivity contribution in [1.82, 2.24) is 5.32 Å². The summed E-state index contributed by atoms with van der Waals surface area (Å²) in [6, 6.07) is 14.0. The number of hydrogen-bond acceptors (Lipinski definition) is 2. The normalized spacial score (nSPS) is 11.8. The van der Waals surface area contributed by atoms with Crippen LogP contribution in [0.3, 0.4) is 0 Å². The minimum Gasteiger partial charge on any atom is -0.481 e. The molecular weight excluding hydrogens is 366 g/mol. The monoisotopic (exact) mass is 389 g/mol. The molecule has 1 atom stereocenters. The van der Waals surface area contributed by atoms with Crippen molar-refractivity contribution < 1.29 is 9.53 Å². The van der Waals surface area contributed by atoms with Gasteiger partial charge < -0.3 is 10.1 Å². The van der Waals surface area contributed by atoms with Crippen LogP contribution in [0.25, 0.3) is 0 Å². The van der Waals surface area contributed by atoms with Crippen LogP contribution >= 0.6 is 15.9 Å². The molecule has 4 heteroatoms. The zero-order valence-electron chi connectivity index (χ0n) is 14.4. The molecule has 0 spiro atoms. The molecule has 1 N–H and O–H groups in total. The maximum atomic E-state index is 12.3. The summed E-state index contributed by atoms with van der Waals surface area (Å²) in [5.41, 5.74) is 3.74. The molecule has 0 fully saturated rings. The second-order valence-corrected chi connectivity index (χ2v) is 6.66. The van der Waals surface area contributed by atoms with Gasteiger partial charge in [-0.05, 0) is 60.7 Å². The Kier molecular flexibility index (Phi) is 6.85. The molecule has 0 unspecified atom stereocenters. The number of aryl methyl sites for hydroxylation is 2. The number of nitrogens with one attached hydrogen (secondary N) is 1. The first-order valence-corrected chi connectivity index (χ1v) is 9.13. The van der Waals surface area contributed by atoms with Crippen molar-refractivity contribution in [2.24, 2.45) is 0 Å². The van der Waals surface area contributed by atoms with E-state index in [4.69, 9.17) is 4.74 Å². The van der Waals surface area contributed by atoms with E-state index >= 15 is 0 Å². The van der Waals surface area contributed by atoms with Gasteiger partial charge in [-0.3, -0.25) is 4.79 Å². The second kappa shape index (κ2) is 8.88. The number of hydrogen-bond donors (Lipinski definition) is 1. The summed E-state index contributed by atoms with van der Waals surface area (Å²) in [4.78, 5) is 12.3. The molecule has 2 aromatic carbocycles. The Bertz CT molecular complexity index is 683. The van der Waals surface area contributed by atoms with E-state index in [1.165, 1.54) is 16.7 Å². The van der Waals surface area contributed by atoms with E-state index in [0.29, 0.717) is 12.3 Å². The number of halogens is 1. The third kappa shape index (κ3) is 5.10. The standard InChI is InChI=1S/C20H24BrNO2/c1-4-15-6-7-16(5-2)17(12-15)13-22-20(23)14(3)24-19-10-8-18(21)9-11-19/h6-12,14H,4-5,13H2,1-3H3,(H,22,23)/t14-/m0/s1. The topological polar surface area (TPSA) is 38.3 Å². The Balaban J connectivity index is 1.95. The molecule has 3 nitrogen and oxygen atoms in total. The highest BCUT2D eigenvalue weighted by molar-refractivity contribution is 9.10. The van der Waals surface area contributed by atoms with E-state index in [9.17, 15) is 4.79 Å². The average Bonchev–Trinajstić information content (AvgIpc) is 2.61. The smallest absolute Gasteiger partial charge is 0.261 e. The van der Waals surface area contributed by atoms with Crippen LogP contribution in [0.1, 0.15) is 37.5 Å². The van der Waals surface area contributed by atoms with E-state index in [0.717, 1.165) is 17.3 Å². The molecule has 1 amide bonds. The summed E-state index contributed by atoms with van der Waals surface area (Å²) in [7, 11) is 0. The van der Waals surface area contributed by atoms with E-state index in [-0.39, 0.29) is 5.91 Å².